The second-order valence-corrected chi connectivity index (χ2v) is 28.2. The van der Waals surface area contributed by atoms with E-state index in [0.29, 0.717) is 6.42 Å². The van der Waals surface area contributed by atoms with Crippen molar-refractivity contribution in [2.45, 2.75) is 420 Å². The first-order valence-corrected chi connectivity index (χ1v) is 39.2. The average molecular weight is 1370 g/mol. The van der Waals surface area contributed by atoms with Gasteiger partial charge in [0.05, 0.1) is 38.6 Å². The molecule has 3 fully saturated rings. The number of carbonyl (C=O) groups excluding carboxylic acids is 1. The van der Waals surface area contributed by atoms with Crippen molar-refractivity contribution in [1.82, 2.24) is 5.32 Å². The zero-order valence-electron chi connectivity index (χ0n) is 60.1. The Bertz CT molecular complexity index is 1880. The Morgan fingerprint density at radius 1 is 0.375 bits per heavy atom. The highest BCUT2D eigenvalue weighted by molar-refractivity contribution is 5.76. The van der Waals surface area contributed by atoms with Crippen LogP contribution in [0.4, 0.5) is 0 Å². The third kappa shape index (κ3) is 38.9. The summed E-state index contributed by atoms with van der Waals surface area (Å²) in [6.07, 6.45) is 44.3. The van der Waals surface area contributed by atoms with Gasteiger partial charge in [-0.25, -0.2) is 0 Å². The summed E-state index contributed by atoms with van der Waals surface area (Å²) in [4.78, 5) is 13.4. The van der Waals surface area contributed by atoms with Gasteiger partial charge < -0.3 is 89.9 Å². The van der Waals surface area contributed by atoms with E-state index in [2.05, 4.69) is 43.5 Å². The molecule has 3 saturated heterocycles. The fourth-order valence-corrected chi connectivity index (χ4v) is 13.3. The van der Waals surface area contributed by atoms with Gasteiger partial charge in [-0.05, 0) is 51.4 Å². The van der Waals surface area contributed by atoms with E-state index >= 15 is 0 Å². The number of amides is 1. The van der Waals surface area contributed by atoms with Gasteiger partial charge in [-0.3, -0.25) is 4.79 Å². The SMILES string of the molecule is CCCCCC/C=C\C/C=C\CCCCCCCCCC(=O)NC(COC1OC(CO)C(OC2OC(CO)C(OC3OC(CO)C(O)C(O)C3O)C(O)C2O)C(O)C1O)C(O)/C=C/CCCCCCCCCCCCCCCCCCCCCCCCCCCCCCCCC. The van der Waals surface area contributed by atoms with Crippen molar-refractivity contribution in [2.75, 3.05) is 26.4 Å². The number of allylic oxidation sites excluding steroid dienone is 5. The molecule has 0 spiro atoms. The van der Waals surface area contributed by atoms with Crippen molar-refractivity contribution in [3.8, 4) is 0 Å². The number of unbranched alkanes of at least 4 members (excludes halogenated alkanes) is 42. The number of aliphatic hydroxyl groups excluding tert-OH is 11. The van der Waals surface area contributed by atoms with E-state index in [9.17, 15) is 61.0 Å². The van der Waals surface area contributed by atoms with Crippen LogP contribution in [0.3, 0.4) is 0 Å². The Morgan fingerprint density at radius 3 is 1.07 bits per heavy atom. The molecule has 3 aliphatic heterocycles. The maximum absolute atomic E-state index is 13.4. The van der Waals surface area contributed by atoms with Crippen LogP contribution in [0, 0.1) is 0 Å². The van der Waals surface area contributed by atoms with Gasteiger partial charge in [-0.2, -0.15) is 0 Å². The van der Waals surface area contributed by atoms with E-state index in [1.165, 1.54) is 205 Å². The molecule has 0 bridgehead atoms. The summed E-state index contributed by atoms with van der Waals surface area (Å²) in [5, 5.41) is 121. The van der Waals surface area contributed by atoms with E-state index < -0.39 is 124 Å². The Kier molecular flexibility index (Phi) is 53.8. The smallest absolute Gasteiger partial charge is 0.220 e. The van der Waals surface area contributed by atoms with Gasteiger partial charge in [0.25, 0.3) is 0 Å². The number of carbonyl (C=O) groups is 1. The second kappa shape index (κ2) is 58.5. The molecule has 0 aromatic heterocycles. The average Bonchev–Trinajstić information content (AvgIpc) is 0.798. The molecule has 12 N–H and O–H groups in total. The van der Waals surface area contributed by atoms with Crippen LogP contribution in [0.25, 0.3) is 0 Å². The summed E-state index contributed by atoms with van der Waals surface area (Å²) in [6, 6.07) is -0.979. The van der Waals surface area contributed by atoms with Crippen molar-refractivity contribution < 1.29 is 89.4 Å². The lowest BCUT2D eigenvalue weighted by molar-refractivity contribution is -0.379. The molecule has 3 rings (SSSR count). The van der Waals surface area contributed by atoms with Crippen molar-refractivity contribution in [3.05, 3.63) is 36.5 Å². The van der Waals surface area contributed by atoms with Crippen LogP contribution in [0.5, 0.6) is 0 Å². The first-order chi connectivity index (χ1) is 46.8. The fourth-order valence-electron chi connectivity index (χ4n) is 13.3. The zero-order valence-corrected chi connectivity index (χ0v) is 60.1. The molecule has 17 atom stereocenters. The van der Waals surface area contributed by atoms with Gasteiger partial charge >= 0.3 is 0 Å². The summed E-state index contributed by atoms with van der Waals surface area (Å²) >= 11 is 0. The molecule has 0 radical (unpaired) electrons. The molecule has 17 unspecified atom stereocenters. The minimum atomic E-state index is -1.98. The van der Waals surface area contributed by atoms with Crippen molar-refractivity contribution in [2.24, 2.45) is 0 Å². The molecule has 19 heteroatoms. The van der Waals surface area contributed by atoms with Crippen molar-refractivity contribution in [3.63, 3.8) is 0 Å². The molecule has 564 valence electrons. The highest BCUT2D eigenvalue weighted by Gasteiger charge is 2.53. The Hall–Kier alpha value is -1.99. The van der Waals surface area contributed by atoms with Gasteiger partial charge in [0.2, 0.25) is 5.91 Å². The first-order valence-electron chi connectivity index (χ1n) is 39.2. The third-order valence-corrected chi connectivity index (χ3v) is 19.7. The molecule has 0 aromatic carbocycles. The predicted molar refractivity (Wildman–Crippen MR) is 379 cm³/mol. The summed E-state index contributed by atoms with van der Waals surface area (Å²) in [7, 11) is 0. The molecule has 19 nitrogen and oxygen atoms in total. The molecular formula is C77H143NO18. The Morgan fingerprint density at radius 2 is 0.688 bits per heavy atom. The normalized spacial score (nSPS) is 27.2. The summed E-state index contributed by atoms with van der Waals surface area (Å²) in [5.41, 5.74) is 0. The van der Waals surface area contributed by atoms with E-state index in [4.69, 9.17) is 28.4 Å². The fraction of sp³-hybridized carbons (Fsp3) is 0.909. The number of hydrogen-bond acceptors (Lipinski definition) is 18. The molecule has 3 aliphatic rings. The van der Waals surface area contributed by atoms with Gasteiger partial charge in [0.15, 0.2) is 18.9 Å². The maximum atomic E-state index is 13.4. The summed E-state index contributed by atoms with van der Waals surface area (Å²) in [6.45, 7) is 1.75. The lowest BCUT2D eigenvalue weighted by atomic mass is 9.96. The van der Waals surface area contributed by atoms with Gasteiger partial charge in [-0.1, -0.05) is 294 Å². The van der Waals surface area contributed by atoms with Gasteiger partial charge in [0, 0.05) is 6.42 Å². The van der Waals surface area contributed by atoms with Crippen LogP contribution in [0.2, 0.25) is 0 Å². The largest absolute Gasteiger partial charge is 0.394 e. The molecule has 0 aromatic rings. The van der Waals surface area contributed by atoms with Crippen molar-refractivity contribution >= 4 is 5.91 Å². The van der Waals surface area contributed by atoms with E-state index in [-0.39, 0.29) is 18.9 Å². The highest BCUT2D eigenvalue weighted by Crippen LogP contribution is 2.33. The Labute approximate surface area is 581 Å². The lowest BCUT2D eigenvalue weighted by Gasteiger charge is -2.48. The lowest BCUT2D eigenvalue weighted by Crippen LogP contribution is -2.66. The van der Waals surface area contributed by atoms with Gasteiger partial charge in [-0.15, -0.1) is 0 Å². The molecule has 96 heavy (non-hydrogen) atoms. The summed E-state index contributed by atoms with van der Waals surface area (Å²) < 4.78 is 34.4. The topological polar surface area (TPSA) is 307 Å². The predicted octanol–water partition coefficient (Wildman–Crippen LogP) is 12.3. The summed E-state index contributed by atoms with van der Waals surface area (Å²) in [5.74, 6) is -0.280. The molecule has 0 saturated carbocycles. The minimum absolute atomic E-state index is 0.235. The molecule has 3 heterocycles. The number of aliphatic hydroxyl groups is 11. The van der Waals surface area contributed by atoms with Crippen LogP contribution in [0.15, 0.2) is 36.5 Å². The van der Waals surface area contributed by atoms with E-state index in [1.807, 2.05) is 6.08 Å². The Balaban J connectivity index is 1.37. The maximum Gasteiger partial charge on any atom is 0.220 e. The third-order valence-electron chi connectivity index (χ3n) is 19.7. The molecular weight excluding hydrogens is 1230 g/mol. The van der Waals surface area contributed by atoms with Crippen LogP contribution >= 0.6 is 0 Å². The number of ether oxygens (including phenoxy) is 6. The van der Waals surface area contributed by atoms with E-state index in [0.717, 1.165) is 83.5 Å². The molecule has 0 aliphatic carbocycles. The quantitative estimate of drug-likeness (QED) is 0.0199. The van der Waals surface area contributed by atoms with Crippen LogP contribution in [-0.4, -0.2) is 193 Å². The number of rotatable bonds is 62. The van der Waals surface area contributed by atoms with Crippen LogP contribution in [-0.2, 0) is 33.2 Å². The monoisotopic (exact) mass is 1370 g/mol. The van der Waals surface area contributed by atoms with Gasteiger partial charge in [0.1, 0.15) is 73.2 Å². The highest BCUT2D eigenvalue weighted by atomic mass is 16.8. The van der Waals surface area contributed by atoms with Crippen LogP contribution in [0.1, 0.15) is 316 Å². The van der Waals surface area contributed by atoms with E-state index in [1.54, 1.807) is 6.08 Å². The minimum Gasteiger partial charge on any atom is -0.394 e. The number of nitrogens with one attached hydrogen (secondary N) is 1. The van der Waals surface area contributed by atoms with Crippen LogP contribution < -0.4 is 5.32 Å². The standard InChI is InChI=1S/C77H143NO18/c1-3-5-7-9-11-13-15-17-19-21-23-24-25-26-27-28-29-30-31-32-33-34-35-36-37-38-40-42-44-46-48-50-52-54-61(82)60(78-65(83)55-53-51-49-47-45-43-41-39-22-20-18-16-14-12-10-8-6-4-2)59-91-75-71(89)68(86)73(63(57-80)93-75)96-77-72(90)69(87)74(64(58-81)94-77)95-76-70(88)67(85)66(84)62(56-79)92-76/h14,16,20,22,52,54,60-64,66-77,79-82,84-90H,3-13,15,17-19,21,23-51,53,55-59H2,1-2H3,(H,78,83)/b16-14-,22-20-,54-52+. The van der Waals surface area contributed by atoms with Crippen molar-refractivity contribution in [1.29, 1.82) is 0 Å². The molecule has 1 amide bonds. The number of hydrogen-bond donors (Lipinski definition) is 12. The second-order valence-electron chi connectivity index (χ2n) is 28.2. The first kappa shape index (κ1) is 88.2. The zero-order chi connectivity index (χ0) is 69.6.